The zero-order valence-corrected chi connectivity index (χ0v) is 10.4. The molecule has 0 amide bonds. The van der Waals surface area contributed by atoms with Crippen LogP contribution < -0.4 is 0 Å². The van der Waals surface area contributed by atoms with Crippen molar-refractivity contribution in [1.29, 1.82) is 0 Å². The molecule has 1 saturated carbocycles. The number of carboxylic acid groups (broad SMARTS) is 1. The lowest BCUT2D eigenvalue weighted by molar-refractivity contribution is -0.133. The number of carboxylic acids is 1. The molecule has 7 heteroatoms. The van der Waals surface area contributed by atoms with Crippen LogP contribution in [-0.4, -0.2) is 45.3 Å². The monoisotopic (exact) mass is 257 g/mol. The van der Waals surface area contributed by atoms with Crippen LogP contribution in [0.15, 0.2) is 5.16 Å². The van der Waals surface area contributed by atoms with E-state index in [2.05, 4.69) is 10.2 Å². The molecule has 0 unspecified atom stereocenters. The first-order chi connectivity index (χ1) is 8.22. The summed E-state index contributed by atoms with van der Waals surface area (Å²) < 4.78 is 7.03. The lowest BCUT2D eigenvalue weighted by Gasteiger charge is -2.08. The first kappa shape index (κ1) is 12.4. The van der Waals surface area contributed by atoms with Gasteiger partial charge in [0.25, 0.3) is 0 Å². The number of nitrogens with zero attached hydrogens (tertiary/aromatic N) is 3. The van der Waals surface area contributed by atoms with Gasteiger partial charge in [-0.25, -0.2) is 0 Å². The van der Waals surface area contributed by atoms with Crippen LogP contribution in [0.4, 0.5) is 0 Å². The van der Waals surface area contributed by atoms with Gasteiger partial charge in [0.05, 0.1) is 12.4 Å². The highest BCUT2D eigenvalue weighted by atomic mass is 32.2. The maximum atomic E-state index is 10.5. The topological polar surface area (TPSA) is 77.2 Å². The van der Waals surface area contributed by atoms with Crippen molar-refractivity contribution in [3.05, 3.63) is 5.82 Å². The molecular formula is C10H15N3O3S. The molecule has 0 radical (unpaired) electrons. The number of hydrogen-bond acceptors (Lipinski definition) is 5. The van der Waals surface area contributed by atoms with Crippen LogP contribution in [0.1, 0.15) is 24.6 Å². The minimum Gasteiger partial charge on any atom is -0.481 e. The van der Waals surface area contributed by atoms with Gasteiger partial charge in [0, 0.05) is 19.6 Å². The molecule has 0 saturated heterocycles. The number of rotatable bonds is 7. The van der Waals surface area contributed by atoms with Gasteiger partial charge >= 0.3 is 5.97 Å². The molecule has 17 heavy (non-hydrogen) atoms. The van der Waals surface area contributed by atoms with Crippen LogP contribution in [0.5, 0.6) is 0 Å². The van der Waals surface area contributed by atoms with Crippen molar-refractivity contribution in [2.75, 3.05) is 19.5 Å². The van der Waals surface area contributed by atoms with E-state index >= 15 is 0 Å². The van der Waals surface area contributed by atoms with Crippen molar-refractivity contribution >= 4 is 17.7 Å². The third-order valence-corrected chi connectivity index (χ3v) is 3.48. The van der Waals surface area contributed by atoms with Crippen LogP contribution in [0.25, 0.3) is 0 Å². The summed E-state index contributed by atoms with van der Waals surface area (Å²) in [7, 11) is 1.64. The summed E-state index contributed by atoms with van der Waals surface area (Å²) in [6.07, 6.45) is 2.30. The molecule has 94 valence electrons. The summed E-state index contributed by atoms with van der Waals surface area (Å²) in [5.41, 5.74) is 0. The van der Waals surface area contributed by atoms with Crippen LogP contribution in [-0.2, 0) is 16.1 Å². The molecular weight excluding hydrogens is 242 g/mol. The Kier molecular flexibility index (Phi) is 4.01. The Morgan fingerprint density at radius 3 is 2.94 bits per heavy atom. The molecule has 1 aromatic heterocycles. The predicted molar refractivity (Wildman–Crippen MR) is 62.2 cm³/mol. The standard InChI is InChI=1S/C10H15N3O3S/c1-16-5-4-13-9(7-2-3-7)11-12-10(13)17-6-8(14)15/h7H,2-6H2,1H3,(H,14,15). The summed E-state index contributed by atoms with van der Waals surface area (Å²) in [5.74, 6) is 0.633. The Morgan fingerprint density at radius 1 is 1.59 bits per heavy atom. The first-order valence-electron chi connectivity index (χ1n) is 5.49. The van der Waals surface area contributed by atoms with E-state index in [1.807, 2.05) is 4.57 Å². The minimum atomic E-state index is -0.843. The number of hydrogen-bond donors (Lipinski definition) is 1. The van der Waals surface area contributed by atoms with E-state index in [1.165, 1.54) is 11.8 Å². The molecule has 1 N–H and O–H groups in total. The Hall–Kier alpha value is -1.08. The van der Waals surface area contributed by atoms with Crippen molar-refractivity contribution < 1.29 is 14.6 Å². The molecule has 1 aliphatic carbocycles. The number of aliphatic carboxylic acids is 1. The second-order valence-corrected chi connectivity index (χ2v) is 4.88. The summed E-state index contributed by atoms with van der Waals surface area (Å²) in [5, 5.41) is 17.6. The van der Waals surface area contributed by atoms with Gasteiger partial charge in [-0.15, -0.1) is 10.2 Å². The fourth-order valence-corrected chi connectivity index (χ4v) is 2.26. The van der Waals surface area contributed by atoms with Crippen LogP contribution in [0, 0.1) is 0 Å². The predicted octanol–water partition coefficient (Wildman–Crippen LogP) is 0.979. The van der Waals surface area contributed by atoms with E-state index in [4.69, 9.17) is 9.84 Å². The van der Waals surface area contributed by atoms with E-state index in [0.717, 1.165) is 18.7 Å². The SMILES string of the molecule is COCCn1c(SCC(=O)O)nnc1C1CC1. The van der Waals surface area contributed by atoms with Crippen LogP contribution in [0.3, 0.4) is 0 Å². The zero-order chi connectivity index (χ0) is 12.3. The molecule has 0 aromatic carbocycles. The molecule has 0 aliphatic heterocycles. The van der Waals surface area contributed by atoms with Crippen LogP contribution >= 0.6 is 11.8 Å². The van der Waals surface area contributed by atoms with Gasteiger partial charge in [0.2, 0.25) is 0 Å². The largest absolute Gasteiger partial charge is 0.481 e. The summed E-state index contributed by atoms with van der Waals surface area (Å²) in [4.78, 5) is 10.5. The molecule has 1 heterocycles. The highest BCUT2D eigenvalue weighted by Crippen LogP contribution is 2.39. The van der Waals surface area contributed by atoms with Gasteiger partial charge < -0.3 is 14.4 Å². The van der Waals surface area contributed by atoms with E-state index in [0.29, 0.717) is 24.2 Å². The average molecular weight is 257 g/mol. The van der Waals surface area contributed by atoms with Crippen molar-refractivity contribution in [3.8, 4) is 0 Å². The Labute approximate surface area is 103 Å². The molecule has 2 rings (SSSR count). The third-order valence-electron chi connectivity index (χ3n) is 2.53. The number of ether oxygens (including phenoxy) is 1. The number of carbonyl (C=O) groups is 1. The molecule has 0 atom stereocenters. The van der Waals surface area contributed by atoms with Gasteiger partial charge in [-0.3, -0.25) is 4.79 Å². The zero-order valence-electron chi connectivity index (χ0n) is 9.63. The van der Waals surface area contributed by atoms with Crippen molar-refractivity contribution in [2.45, 2.75) is 30.5 Å². The molecule has 1 fully saturated rings. The normalized spacial score (nSPS) is 15.1. The van der Waals surface area contributed by atoms with Gasteiger partial charge in [-0.2, -0.15) is 0 Å². The Balaban J connectivity index is 2.09. The second-order valence-electron chi connectivity index (χ2n) is 3.94. The van der Waals surface area contributed by atoms with E-state index in [1.54, 1.807) is 7.11 Å². The fraction of sp³-hybridized carbons (Fsp3) is 0.700. The highest BCUT2D eigenvalue weighted by Gasteiger charge is 2.30. The average Bonchev–Trinajstić information content (AvgIpc) is 3.06. The smallest absolute Gasteiger partial charge is 0.313 e. The molecule has 1 aliphatic rings. The van der Waals surface area contributed by atoms with Gasteiger partial charge in [0.15, 0.2) is 5.16 Å². The van der Waals surface area contributed by atoms with Crippen molar-refractivity contribution in [2.24, 2.45) is 0 Å². The lowest BCUT2D eigenvalue weighted by Crippen LogP contribution is -2.10. The minimum absolute atomic E-state index is 0.00970. The summed E-state index contributed by atoms with van der Waals surface area (Å²) in [6, 6.07) is 0. The maximum Gasteiger partial charge on any atom is 0.313 e. The summed E-state index contributed by atoms with van der Waals surface area (Å²) in [6.45, 7) is 1.26. The second kappa shape index (κ2) is 5.50. The lowest BCUT2D eigenvalue weighted by atomic mass is 10.4. The number of aromatic nitrogens is 3. The first-order valence-corrected chi connectivity index (χ1v) is 6.47. The van der Waals surface area contributed by atoms with Gasteiger partial charge in [-0.1, -0.05) is 11.8 Å². The number of methoxy groups -OCH3 is 1. The van der Waals surface area contributed by atoms with Crippen molar-refractivity contribution in [3.63, 3.8) is 0 Å². The van der Waals surface area contributed by atoms with E-state index < -0.39 is 5.97 Å². The molecule has 6 nitrogen and oxygen atoms in total. The van der Waals surface area contributed by atoms with E-state index in [-0.39, 0.29) is 5.75 Å². The Bertz CT molecular complexity index is 404. The van der Waals surface area contributed by atoms with Crippen molar-refractivity contribution in [1.82, 2.24) is 14.8 Å². The van der Waals surface area contributed by atoms with Gasteiger partial charge in [0.1, 0.15) is 5.82 Å². The molecule has 0 spiro atoms. The quantitative estimate of drug-likeness (QED) is 0.734. The molecule has 0 bridgehead atoms. The highest BCUT2D eigenvalue weighted by molar-refractivity contribution is 7.99. The van der Waals surface area contributed by atoms with Gasteiger partial charge in [-0.05, 0) is 12.8 Å². The fourth-order valence-electron chi connectivity index (χ4n) is 1.57. The van der Waals surface area contributed by atoms with E-state index in [9.17, 15) is 4.79 Å². The van der Waals surface area contributed by atoms with Crippen LogP contribution in [0.2, 0.25) is 0 Å². The Morgan fingerprint density at radius 2 is 2.35 bits per heavy atom. The number of thioether (sulfide) groups is 1. The maximum absolute atomic E-state index is 10.5. The molecule has 1 aromatic rings. The third kappa shape index (κ3) is 3.19. The summed E-state index contributed by atoms with van der Waals surface area (Å²) >= 11 is 1.21.